The van der Waals surface area contributed by atoms with E-state index in [1.165, 1.54) is 12.3 Å². The summed E-state index contributed by atoms with van der Waals surface area (Å²) in [5.74, 6) is -0.294. The quantitative estimate of drug-likeness (QED) is 0.443. The van der Waals surface area contributed by atoms with Crippen LogP contribution < -0.4 is 16.0 Å². The average molecular weight is 315 g/mol. The number of hydrogen-bond donors (Lipinski definition) is 4. The summed E-state index contributed by atoms with van der Waals surface area (Å²) in [6.07, 6.45) is 1.34. The highest BCUT2D eigenvalue weighted by Crippen LogP contribution is 2.15. The van der Waals surface area contributed by atoms with E-state index in [1.807, 2.05) is 6.07 Å². The summed E-state index contributed by atoms with van der Waals surface area (Å²) < 4.78 is 0. The van der Waals surface area contributed by atoms with E-state index in [0.717, 1.165) is 32.7 Å². The van der Waals surface area contributed by atoms with Gasteiger partial charge < -0.3 is 21.1 Å². The van der Waals surface area contributed by atoms with Crippen LogP contribution in [0.1, 0.15) is 0 Å². The Kier molecular flexibility index (Phi) is 6.41. The van der Waals surface area contributed by atoms with Gasteiger partial charge in [0.05, 0.1) is 0 Å². The minimum absolute atomic E-state index is 0.00588. The summed E-state index contributed by atoms with van der Waals surface area (Å²) in [5, 5.41) is 27.3. The van der Waals surface area contributed by atoms with E-state index >= 15 is 0 Å². The van der Waals surface area contributed by atoms with Crippen LogP contribution in [0.3, 0.4) is 0 Å². The molecule has 1 aromatic rings. The topological polar surface area (TPSA) is 100 Å². The number of amides is 1. The monoisotopic (exact) mass is 315 g/mol. The van der Waals surface area contributed by atoms with Crippen LogP contribution in [0.2, 0.25) is 0 Å². The molecule has 0 radical (unpaired) electrons. The molecule has 0 aromatic heterocycles. The zero-order valence-electron chi connectivity index (χ0n) is 12.9. The number of nitriles is 1. The second kappa shape index (κ2) is 8.78. The third kappa shape index (κ3) is 5.62. The molecular weight excluding hydrogens is 294 g/mol. The van der Waals surface area contributed by atoms with Gasteiger partial charge in [0.15, 0.2) is 0 Å². The maximum Gasteiger partial charge on any atom is 0.263 e. The van der Waals surface area contributed by atoms with Crippen molar-refractivity contribution >= 4 is 11.6 Å². The highest BCUT2D eigenvalue weighted by molar-refractivity contribution is 5.97. The third-order valence-corrected chi connectivity index (χ3v) is 3.52. The molecule has 4 N–H and O–H groups in total. The molecular formula is C16H21N5O2. The Morgan fingerprint density at radius 1 is 1.43 bits per heavy atom. The number of aromatic hydroxyl groups is 1. The van der Waals surface area contributed by atoms with Gasteiger partial charge in [-0.2, -0.15) is 5.26 Å². The largest absolute Gasteiger partial charge is 0.508 e. The summed E-state index contributed by atoms with van der Waals surface area (Å²) >= 11 is 0. The van der Waals surface area contributed by atoms with Crippen LogP contribution in [-0.4, -0.2) is 55.2 Å². The Balaban J connectivity index is 1.80. The van der Waals surface area contributed by atoms with E-state index in [9.17, 15) is 9.90 Å². The lowest BCUT2D eigenvalue weighted by molar-refractivity contribution is -0.117. The zero-order chi connectivity index (χ0) is 16.5. The molecule has 1 aliphatic heterocycles. The van der Waals surface area contributed by atoms with Crippen molar-refractivity contribution in [2.24, 2.45) is 0 Å². The van der Waals surface area contributed by atoms with Crippen LogP contribution in [0.15, 0.2) is 36.0 Å². The first-order valence-electron chi connectivity index (χ1n) is 7.56. The Hall–Kier alpha value is -2.56. The molecule has 0 atom stereocenters. The van der Waals surface area contributed by atoms with Gasteiger partial charge in [-0.15, -0.1) is 0 Å². The number of nitrogens with zero attached hydrogens (tertiary/aromatic N) is 2. The van der Waals surface area contributed by atoms with Gasteiger partial charge in [-0.3, -0.25) is 9.69 Å². The Morgan fingerprint density at radius 2 is 2.22 bits per heavy atom. The van der Waals surface area contributed by atoms with Crippen LogP contribution in [0.5, 0.6) is 5.75 Å². The number of rotatable bonds is 6. The first-order valence-corrected chi connectivity index (χ1v) is 7.56. The van der Waals surface area contributed by atoms with Crippen LogP contribution in [0.4, 0.5) is 5.69 Å². The molecule has 23 heavy (non-hydrogen) atoms. The lowest BCUT2D eigenvalue weighted by atomic mass is 10.2. The van der Waals surface area contributed by atoms with E-state index in [1.54, 1.807) is 18.2 Å². The summed E-state index contributed by atoms with van der Waals surface area (Å²) in [6, 6.07) is 8.33. The molecule has 1 saturated heterocycles. The molecule has 122 valence electrons. The Labute approximate surface area is 135 Å². The van der Waals surface area contributed by atoms with Gasteiger partial charge in [0.1, 0.15) is 17.4 Å². The molecule has 7 nitrogen and oxygen atoms in total. The van der Waals surface area contributed by atoms with Crippen molar-refractivity contribution in [1.82, 2.24) is 15.5 Å². The number of hydrogen-bond acceptors (Lipinski definition) is 6. The lowest BCUT2D eigenvalue weighted by Crippen LogP contribution is -2.46. The van der Waals surface area contributed by atoms with Crippen molar-refractivity contribution in [3.8, 4) is 11.8 Å². The molecule has 1 aromatic carbocycles. The number of anilines is 1. The first-order chi connectivity index (χ1) is 11.2. The second-order valence-corrected chi connectivity index (χ2v) is 5.21. The fraction of sp³-hybridized carbons (Fsp3) is 0.375. The van der Waals surface area contributed by atoms with Crippen molar-refractivity contribution in [3.05, 3.63) is 36.0 Å². The number of carbonyl (C=O) groups excluding carboxylic acids is 1. The molecule has 1 heterocycles. The molecule has 0 spiro atoms. The van der Waals surface area contributed by atoms with Crippen LogP contribution in [0, 0.1) is 11.3 Å². The lowest BCUT2D eigenvalue weighted by Gasteiger charge is -2.27. The number of phenols is 1. The molecule has 0 unspecified atom stereocenters. The molecule has 0 aliphatic carbocycles. The number of carbonyl (C=O) groups is 1. The average Bonchev–Trinajstić information content (AvgIpc) is 2.56. The van der Waals surface area contributed by atoms with Gasteiger partial charge in [0, 0.05) is 57.2 Å². The SMILES string of the molecule is N#C/C(=C/Nc1cccc(O)c1)C(=O)NCCN1CCNCC1. The predicted molar refractivity (Wildman–Crippen MR) is 87.7 cm³/mol. The Bertz CT molecular complexity index is 603. The van der Waals surface area contributed by atoms with E-state index < -0.39 is 5.91 Å². The predicted octanol–water partition coefficient (Wildman–Crippen LogP) is 0.233. The van der Waals surface area contributed by atoms with Crippen molar-refractivity contribution in [1.29, 1.82) is 5.26 Å². The van der Waals surface area contributed by atoms with E-state index in [4.69, 9.17) is 5.26 Å². The summed E-state index contributed by atoms with van der Waals surface area (Å²) in [5.41, 5.74) is 0.597. The van der Waals surface area contributed by atoms with E-state index in [0.29, 0.717) is 12.2 Å². The van der Waals surface area contributed by atoms with E-state index in [2.05, 4.69) is 20.9 Å². The molecule has 2 rings (SSSR count). The molecule has 1 amide bonds. The molecule has 0 saturated carbocycles. The highest BCUT2D eigenvalue weighted by atomic mass is 16.3. The minimum atomic E-state index is -0.407. The highest BCUT2D eigenvalue weighted by Gasteiger charge is 2.11. The number of piperazine rings is 1. The second-order valence-electron chi connectivity index (χ2n) is 5.21. The molecule has 1 aliphatic rings. The minimum Gasteiger partial charge on any atom is -0.508 e. The van der Waals surface area contributed by atoms with Crippen molar-refractivity contribution in [2.75, 3.05) is 44.6 Å². The van der Waals surface area contributed by atoms with Crippen LogP contribution in [0.25, 0.3) is 0 Å². The summed E-state index contributed by atoms with van der Waals surface area (Å²) in [6.45, 7) is 5.14. The normalized spacial score (nSPS) is 15.7. The fourth-order valence-corrected chi connectivity index (χ4v) is 2.26. The number of benzene rings is 1. The first kappa shape index (κ1) is 16.8. The van der Waals surface area contributed by atoms with Crippen LogP contribution >= 0.6 is 0 Å². The number of nitrogens with one attached hydrogen (secondary N) is 3. The van der Waals surface area contributed by atoms with Gasteiger partial charge in [-0.25, -0.2) is 0 Å². The van der Waals surface area contributed by atoms with Gasteiger partial charge in [0.25, 0.3) is 5.91 Å². The molecule has 0 bridgehead atoms. The molecule has 1 fully saturated rings. The standard InChI is InChI=1S/C16H21N5O2/c17-11-13(12-20-14-2-1-3-15(22)10-14)16(23)19-6-9-21-7-4-18-5-8-21/h1-3,10,12,18,20,22H,4-9H2,(H,19,23)/b13-12-. The summed E-state index contributed by atoms with van der Waals surface area (Å²) in [7, 11) is 0. The maximum atomic E-state index is 12.0. The number of phenolic OH excluding ortho intramolecular Hbond substituents is 1. The Morgan fingerprint density at radius 3 is 2.91 bits per heavy atom. The van der Waals surface area contributed by atoms with Crippen molar-refractivity contribution in [2.45, 2.75) is 0 Å². The van der Waals surface area contributed by atoms with E-state index in [-0.39, 0.29) is 11.3 Å². The summed E-state index contributed by atoms with van der Waals surface area (Å²) in [4.78, 5) is 14.2. The van der Waals surface area contributed by atoms with Crippen molar-refractivity contribution in [3.63, 3.8) is 0 Å². The smallest absolute Gasteiger partial charge is 0.263 e. The fourth-order valence-electron chi connectivity index (χ4n) is 2.26. The van der Waals surface area contributed by atoms with Crippen molar-refractivity contribution < 1.29 is 9.90 Å². The third-order valence-electron chi connectivity index (χ3n) is 3.52. The zero-order valence-corrected chi connectivity index (χ0v) is 12.9. The van der Waals surface area contributed by atoms with Gasteiger partial charge in [-0.1, -0.05) is 6.07 Å². The van der Waals surface area contributed by atoms with Gasteiger partial charge in [-0.05, 0) is 12.1 Å². The molecule has 7 heteroatoms. The van der Waals surface area contributed by atoms with Gasteiger partial charge >= 0.3 is 0 Å². The van der Waals surface area contributed by atoms with Crippen LogP contribution in [-0.2, 0) is 4.79 Å². The van der Waals surface area contributed by atoms with Gasteiger partial charge in [0.2, 0.25) is 0 Å². The maximum absolute atomic E-state index is 12.0.